The molecule has 98 valence electrons. The van der Waals surface area contributed by atoms with Gasteiger partial charge in [-0.05, 0) is 30.2 Å². The van der Waals surface area contributed by atoms with Crippen LogP contribution in [0.25, 0.3) is 6.08 Å². The molecule has 0 unspecified atom stereocenters. The Kier molecular flexibility index (Phi) is 5.59. The maximum atomic E-state index is 10.5. The first-order valence-corrected chi connectivity index (χ1v) is 6.16. The zero-order valence-electron chi connectivity index (χ0n) is 11.3. The zero-order valence-corrected chi connectivity index (χ0v) is 11.3. The summed E-state index contributed by atoms with van der Waals surface area (Å²) in [7, 11) is 2.10. The largest absolute Gasteiger partial charge is 0.478 e. The molecule has 0 bridgehead atoms. The number of carboxylic acid groups (broad SMARTS) is 1. The third-order valence-electron chi connectivity index (χ3n) is 2.50. The van der Waals surface area contributed by atoms with Gasteiger partial charge in [-0.3, -0.25) is 0 Å². The van der Waals surface area contributed by atoms with E-state index in [1.54, 1.807) is 6.08 Å². The van der Waals surface area contributed by atoms with Crippen LogP contribution >= 0.6 is 0 Å². The third-order valence-corrected chi connectivity index (χ3v) is 2.50. The van der Waals surface area contributed by atoms with Crippen molar-refractivity contribution in [3.63, 3.8) is 0 Å². The summed E-state index contributed by atoms with van der Waals surface area (Å²) in [5, 5.41) is 8.59. The molecule has 0 aromatic heterocycles. The molecule has 3 nitrogen and oxygen atoms in total. The molecule has 1 aromatic rings. The van der Waals surface area contributed by atoms with Crippen LogP contribution in [0, 0.1) is 5.92 Å². The van der Waals surface area contributed by atoms with Crippen LogP contribution in [-0.4, -0.2) is 29.6 Å². The van der Waals surface area contributed by atoms with Gasteiger partial charge < -0.3 is 10.0 Å². The van der Waals surface area contributed by atoms with Crippen molar-refractivity contribution in [1.29, 1.82) is 0 Å². The molecule has 0 atom stereocenters. The first-order chi connectivity index (χ1) is 8.47. The van der Waals surface area contributed by atoms with E-state index < -0.39 is 5.97 Å². The summed E-state index contributed by atoms with van der Waals surface area (Å²) >= 11 is 0. The van der Waals surface area contributed by atoms with Crippen LogP contribution in [-0.2, 0) is 11.3 Å². The van der Waals surface area contributed by atoms with E-state index in [1.807, 2.05) is 18.2 Å². The van der Waals surface area contributed by atoms with Gasteiger partial charge in [0, 0.05) is 19.2 Å². The van der Waals surface area contributed by atoms with E-state index in [1.165, 1.54) is 5.56 Å². The van der Waals surface area contributed by atoms with Gasteiger partial charge in [0.25, 0.3) is 0 Å². The van der Waals surface area contributed by atoms with E-state index in [0.717, 1.165) is 24.7 Å². The molecular formula is C15H21NO2. The smallest absolute Gasteiger partial charge is 0.328 e. The van der Waals surface area contributed by atoms with Gasteiger partial charge in [-0.25, -0.2) is 4.79 Å². The van der Waals surface area contributed by atoms with Gasteiger partial charge in [0.1, 0.15) is 0 Å². The number of hydrogen-bond donors (Lipinski definition) is 1. The highest BCUT2D eigenvalue weighted by molar-refractivity contribution is 5.85. The molecule has 0 aliphatic heterocycles. The monoisotopic (exact) mass is 247 g/mol. The molecule has 0 saturated heterocycles. The molecule has 1 N–H and O–H groups in total. The Balaban J connectivity index is 2.67. The topological polar surface area (TPSA) is 40.5 Å². The molecule has 0 aliphatic rings. The van der Waals surface area contributed by atoms with E-state index in [-0.39, 0.29) is 0 Å². The van der Waals surface area contributed by atoms with Crippen molar-refractivity contribution < 1.29 is 9.90 Å². The summed E-state index contributed by atoms with van der Waals surface area (Å²) in [5.74, 6) is -0.276. The molecule has 18 heavy (non-hydrogen) atoms. The second-order valence-corrected chi connectivity index (χ2v) is 5.01. The molecule has 0 spiro atoms. The maximum absolute atomic E-state index is 10.5. The molecule has 0 heterocycles. The lowest BCUT2D eigenvalue weighted by atomic mass is 10.1. The third kappa shape index (κ3) is 5.64. The quantitative estimate of drug-likeness (QED) is 0.786. The van der Waals surface area contributed by atoms with E-state index >= 15 is 0 Å². The fourth-order valence-electron chi connectivity index (χ4n) is 1.96. The molecule has 0 radical (unpaired) electrons. The van der Waals surface area contributed by atoms with E-state index in [9.17, 15) is 4.79 Å². The summed E-state index contributed by atoms with van der Waals surface area (Å²) in [5.41, 5.74) is 2.12. The summed E-state index contributed by atoms with van der Waals surface area (Å²) < 4.78 is 0. The van der Waals surface area contributed by atoms with Crippen LogP contribution in [0.15, 0.2) is 30.3 Å². The van der Waals surface area contributed by atoms with E-state index in [4.69, 9.17) is 5.11 Å². The Hall–Kier alpha value is -1.61. The lowest BCUT2D eigenvalue weighted by Gasteiger charge is -2.19. The Bertz CT molecular complexity index is 424. The minimum Gasteiger partial charge on any atom is -0.478 e. The number of benzene rings is 1. The van der Waals surface area contributed by atoms with Crippen LogP contribution in [0.4, 0.5) is 0 Å². The van der Waals surface area contributed by atoms with Crippen molar-refractivity contribution in [1.82, 2.24) is 4.90 Å². The summed E-state index contributed by atoms with van der Waals surface area (Å²) in [6.07, 6.45) is 2.78. The number of hydrogen-bond acceptors (Lipinski definition) is 2. The van der Waals surface area contributed by atoms with Crippen LogP contribution in [0.1, 0.15) is 25.0 Å². The van der Waals surface area contributed by atoms with Crippen molar-refractivity contribution in [2.75, 3.05) is 13.6 Å². The SMILES string of the molecule is CC(C)CN(C)Cc1cccc(/C=C/C(=O)O)c1. The maximum Gasteiger partial charge on any atom is 0.328 e. The highest BCUT2D eigenvalue weighted by atomic mass is 16.4. The van der Waals surface area contributed by atoms with Crippen molar-refractivity contribution in [3.8, 4) is 0 Å². The van der Waals surface area contributed by atoms with Crippen LogP contribution in [0.5, 0.6) is 0 Å². The van der Waals surface area contributed by atoms with E-state index in [2.05, 4.69) is 31.9 Å². The first kappa shape index (κ1) is 14.5. The summed E-state index contributed by atoms with van der Waals surface area (Å²) in [4.78, 5) is 12.7. The average Bonchev–Trinajstić information content (AvgIpc) is 2.25. The van der Waals surface area contributed by atoms with Gasteiger partial charge in [-0.1, -0.05) is 38.1 Å². The molecule has 0 fully saturated rings. The minimum atomic E-state index is -0.919. The van der Waals surface area contributed by atoms with Crippen molar-refractivity contribution in [2.45, 2.75) is 20.4 Å². The van der Waals surface area contributed by atoms with Gasteiger partial charge in [-0.15, -0.1) is 0 Å². The summed E-state index contributed by atoms with van der Waals surface area (Å²) in [6, 6.07) is 7.96. The molecule has 3 heteroatoms. The number of aliphatic carboxylic acids is 1. The van der Waals surface area contributed by atoms with Gasteiger partial charge in [0.05, 0.1) is 0 Å². The van der Waals surface area contributed by atoms with Gasteiger partial charge in [-0.2, -0.15) is 0 Å². The molecular weight excluding hydrogens is 226 g/mol. The average molecular weight is 247 g/mol. The second kappa shape index (κ2) is 6.97. The summed E-state index contributed by atoms with van der Waals surface area (Å²) in [6.45, 7) is 6.33. The standard InChI is InChI=1S/C15H21NO2/c1-12(2)10-16(3)11-14-6-4-5-13(9-14)7-8-15(17)18/h4-9,12H,10-11H2,1-3H3,(H,17,18)/b8-7+. The van der Waals surface area contributed by atoms with Gasteiger partial charge in [0.15, 0.2) is 0 Å². The number of nitrogens with zero attached hydrogens (tertiary/aromatic N) is 1. The molecule has 0 aliphatic carbocycles. The number of carbonyl (C=O) groups is 1. The van der Waals surface area contributed by atoms with Crippen LogP contribution in [0.3, 0.4) is 0 Å². The minimum absolute atomic E-state index is 0.644. The van der Waals surface area contributed by atoms with Crippen molar-refractivity contribution in [3.05, 3.63) is 41.5 Å². The zero-order chi connectivity index (χ0) is 13.5. The Morgan fingerprint density at radius 1 is 1.44 bits per heavy atom. The molecule has 0 saturated carbocycles. The fourth-order valence-corrected chi connectivity index (χ4v) is 1.96. The van der Waals surface area contributed by atoms with E-state index in [0.29, 0.717) is 5.92 Å². The number of rotatable bonds is 6. The molecule has 1 rings (SSSR count). The predicted molar refractivity (Wildman–Crippen MR) is 74.3 cm³/mol. The van der Waals surface area contributed by atoms with Crippen molar-refractivity contribution >= 4 is 12.0 Å². The van der Waals surface area contributed by atoms with Crippen LogP contribution < -0.4 is 0 Å². The van der Waals surface area contributed by atoms with Gasteiger partial charge >= 0.3 is 5.97 Å². The van der Waals surface area contributed by atoms with Crippen LogP contribution in [0.2, 0.25) is 0 Å². The Morgan fingerprint density at radius 2 is 2.17 bits per heavy atom. The lowest BCUT2D eigenvalue weighted by Crippen LogP contribution is -2.22. The number of carboxylic acids is 1. The Labute approximate surface area is 109 Å². The molecule has 1 aromatic carbocycles. The second-order valence-electron chi connectivity index (χ2n) is 5.01. The fraction of sp³-hybridized carbons (Fsp3) is 0.400. The highest BCUT2D eigenvalue weighted by Gasteiger charge is 2.03. The van der Waals surface area contributed by atoms with Crippen molar-refractivity contribution in [2.24, 2.45) is 5.92 Å². The Morgan fingerprint density at radius 3 is 2.78 bits per heavy atom. The first-order valence-electron chi connectivity index (χ1n) is 6.16. The normalized spacial score (nSPS) is 11.6. The van der Waals surface area contributed by atoms with Gasteiger partial charge in [0.2, 0.25) is 0 Å². The highest BCUT2D eigenvalue weighted by Crippen LogP contribution is 2.10. The predicted octanol–water partition coefficient (Wildman–Crippen LogP) is 2.87. The molecule has 0 amide bonds. The lowest BCUT2D eigenvalue weighted by molar-refractivity contribution is -0.131.